The number of sulfonamides is 1. The number of nitrogens with zero attached hydrogens (tertiary/aromatic N) is 1. The van der Waals surface area contributed by atoms with Crippen LogP contribution in [0.3, 0.4) is 0 Å². The third kappa shape index (κ3) is 4.80. The minimum absolute atomic E-state index is 0.0569. The van der Waals surface area contributed by atoms with Crippen LogP contribution >= 0.6 is 15.9 Å². The van der Waals surface area contributed by atoms with E-state index in [4.69, 9.17) is 4.74 Å². The first kappa shape index (κ1) is 13.4. The molecule has 0 heterocycles. The molecule has 0 saturated heterocycles. The van der Waals surface area contributed by atoms with E-state index in [0.29, 0.717) is 24.8 Å². The van der Waals surface area contributed by atoms with Crippen LogP contribution in [0.4, 0.5) is 0 Å². The largest absolute Gasteiger partial charge is 0.383 e. The van der Waals surface area contributed by atoms with Crippen LogP contribution in [-0.2, 0) is 14.8 Å². The molecular weight excluding hydrogens is 282 g/mol. The average Bonchev–Trinajstić information content (AvgIpc) is 2.87. The Labute approximate surface area is 100 Å². The molecule has 1 rings (SSSR count). The zero-order valence-corrected chi connectivity index (χ0v) is 11.6. The van der Waals surface area contributed by atoms with Crippen molar-refractivity contribution in [3.05, 3.63) is 0 Å². The van der Waals surface area contributed by atoms with E-state index in [2.05, 4.69) is 15.9 Å². The lowest BCUT2D eigenvalue weighted by Gasteiger charge is -2.19. The van der Waals surface area contributed by atoms with Gasteiger partial charge >= 0.3 is 0 Å². The molecule has 1 saturated carbocycles. The molecule has 0 spiro atoms. The first-order valence-electron chi connectivity index (χ1n) is 5.02. The molecular formula is C9H18BrNO3S. The predicted octanol–water partition coefficient (Wildman–Crippen LogP) is 1.07. The van der Waals surface area contributed by atoms with E-state index < -0.39 is 10.0 Å². The standard InChI is InChI=1S/C9H18BrNO3S/c1-11(5-9(10)6-14-2)15(12,13)7-8-3-4-8/h8-9H,3-7H2,1-2H3. The van der Waals surface area contributed by atoms with Crippen LogP contribution in [-0.4, -0.2) is 50.6 Å². The maximum absolute atomic E-state index is 11.8. The third-order valence-corrected chi connectivity index (χ3v) is 4.97. The van der Waals surface area contributed by atoms with Gasteiger partial charge in [0, 0.05) is 20.7 Å². The summed E-state index contributed by atoms with van der Waals surface area (Å²) in [7, 11) is 0.168. The summed E-state index contributed by atoms with van der Waals surface area (Å²) in [5, 5.41) is 0. The molecule has 0 aromatic rings. The summed E-state index contributed by atoms with van der Waals surface area (Å²) < 4.78 is 29.9. The van der Waals surface area contributed by atoms with Crippen LogP contribution in [0.5, 0.6) is 0 Å². The summed E-state index contributed by atoms with van der Waals surface area (Å²) >= 11 is 3.38. The van der Waals surface area contributed by atoms with E-state index in [1.807, 2.05) is 0 Å². The fourth-order valence-corrected chi connectivity index (χ4v) is 3.82. The van der Waals surface area contributed by atoms with Gasteiger partial charge in [0.15, 0.2) is 0 Å². The van der Waals surface area contributed by atoms with Crippen molar-refractivity contribution in [3.63, 3.8) is 0 Å². The molecule has 1 aliphatic carbocycles. The highest BCUT2D eigenvalue weighted by molar-refractivity contribution is 9.09. The summed E-state index contributed by atoms with van der Waals surface area (Å²) in [5.41, 5.74) is 0. The molecule has 0 bridgehead atoms. The Morgan fingerprint density at radius 3 is 2.60 bits per heavy atom. The van der Waals surface area contributed by atoms with Crippen molar-refractivity contribution in [2.45, 2.75) is 17.7 Å². The Morgan fingerprint density at radius 2 is 2.13 bits per heavy atom. The van der Waals surface area contributed by atoms with Crippen molar-refractivity contribution in [2.24, 2.45) is 5.92 Å². The summed E-state index contributed by atoms with van der Waals surface area (Å²) in [4.78, 5) is 0.0569. The number of alkyl halides is 1. The van der Waals surface area contributed by atoms with Crippen LogP contribution in [0.1, 0.15) is 12.8 Å². The lowest BCUT2D eigenvalue weighted by molar-refractivity contribution is 0.195. The second-order valence-electron chi connectivity index (χ2n) is 4.06. The van der Waals surface area contributed by atoms with Gasteiger partial charge in [0.1, 0.15) is 0 Å². The second-order valence-corrected chi connectivity index (χ2v) is 7.47. The number of methoxy groups -OCH3 is 1. The summed E-state index contributed by atoms with van der Waals surface area (Å²) in [6.07, 6.45) is 2.12. The molecule has 1 atom stereocenters. The van der Waals surface area contributed by atoms with Crippen molar-refractivity contribution in [1.82, 2.24) is 4.31 Å². The van der Waals surface area contributed by atoms with E-state index in [1.54, 1.807) is 14.2 Å². The maximum atomic E-state index is 11.8. The Balaban J connectivity index is 2.39. The number of ether oxygens (including phenoxy) is 1. The number of hydrogen-bond donors (Lipinski definition) is 0. The number of halogens is 1. The highest BCUT2D eigenvalue weighted by Gasteiger charge is 2.30. The van der Waals surface area contributed by atoms with Gasteiger partial charge in [-0.15, -0.1) is 0 Å². The van der Waals surface area contributed by atoms with Crippen molar-refractivity contribution in [2.75, 3.05) is 33.1 Å². The summed E-state index contributed by atoms with van der Waals surface area (Å²) in [6.45, 7) is 0.978. The van der Waals surface area contributed by atoms with Gasteiger partial charge in [0.25, 0.3) is 0 Å². The first-order chi connectivity index (χ1) is 6.95. The predicted molar refractivity (Wildman–Crippen MR) is 63.7 cm³/mol. The van der Waals surface area contributed by atoms with Crippen molar-refractivity contribution >= 4 is 26.0 Å². The maximum Gasteiger partial charge on any atom is 0.214 e. The van der Waals surface area contributed by atoms with Gasteiger partial charge in [-0.1, -0.05) is 15.9 Å². The van der Waals surface area contributed by atoms with Crippen molar-refractivity contribution < 1.29 is 13.2 Å². The van der Waals surface area contributed by atoms with Gasteiger partial charge in [-0.2, -0.15) is 0 Å². The average molecular weight is 300 g/mol. The van der Waals surface area contributed by atoms with Crippen LogP contribution in [0.25, 0.3) is 0 Å². The van der Waals surface area contributed by atoms with E-state index in [-0.39, 0.29) is 4.83 Å². The van der Waals surface area contributed by atoms with Gasteiger partial charge in [0.05, 0.1) is 17.2 Å². The van der Waals surface area contributed by atoms with Crippen LogP contribution < -0.4 is 0 Å². The van der Waals surface area contributed by atoms with Crippen molar-refractivity contribution in [3.8, 4) is 0 Å². The van der Waals surface area contributed by atoms with Crippen LogP contribution in [0.15, 0.2) is 0 Å². The number of rotatable bonds is 7. The second kappa shape index (κ2) is 5.61. The molecule has 4 nitrogen and oxygen atoms in total. The highest BCUT2D eigenvalue weighted by atomic mass is 79.9. The Bertz CT molecular complexity index is 290. The molecule has 0 N–H and O–H groups in total. The smallest absolute Gasteiger partial charge is 0.214 e. The fourth-order valence-electron chi connectivity index (χ4n) is 1.34. The van der Waals surface area contributed by atoms with Crippen LogP contribution in [0, 0.1) is 5.92 Å². The van der Waals surface area contributed by atoms with E-state index in [0.717, 1.165) is 12.8 Å². The molecule has 0 aliphatic heterocycles. The molecule has 90 valence electrons. The molecule has 0 aromatic heterocycles. The monoisotopic (exact) mass is 299 g/mol. The van der Waals surface area contributed by atoms with Crippen molar-refractivity contribution in [1.29, 1.82) is 0 Å². The van der Waals surface area contributed by atoms with E-state index >= 15 is 0 Å². The lowest BCUT2D eigenvalue weighted by atomic mass is 10.4. The molecule has 1 fully saturated rings. The number of hydrogen-bond acceptors (Lipinski definition) is 3. The Kier molecular flexibility index (Phi) is 5.02. The zero-order chi connectivity index (χ0) is 11.5. The van der Waals surface area contributed by atoms with Crippen LogP contribution in [0.2, 0.25) is 0 Å². The molecule has 1 unspecified atom stereocenters. The highest BCUT2D eigenvalue weighted by Crippen LogP contribution is 2.31. The van der Waals surface area contributed by atoms with E-state index in [9.17, 15) is 8.42 Å². The van der Waals surface area contributed by atoms with E-state index in [1.165, 1.54) is 4.31 Å². The minimum atomic E-state index is -3.06. The van der Waals surface area contributed by atoms with Gasteiger partial charge in [-0.05, 0) is 18.8 Å². The lowest BCUT2D eigenvalue weighted by Crippen LogP contribution is -2.35. The fraction of sp³-hybridized carbons (Fsp3) is 1.00. The third-order valence-electron chi connectivity index (χ3n) is 2.42. The molecule has 6 heteroatoms. The first-order valence-corrected chi connectivity index (χ1v) is 7.55. The molecule has 0 radical (unpaired) electrons. The summed E-state index contributed by atoms with van der Waals surface area (Å²) in [6, 6.07) is 0. The normalized spacial score (nSPS) is 19.5. The molecule has 1 aliphatic rings. The molecule has 0 aromatic carbocycles. The van der Waals surface area contributed by atoms with Gasteiger partial charge < -0.3 is 4.74 Å². The minimum Gasteiger partial charge on any atom is -0.383 e. The SMILES string of the molecule is COCC(Br)CN(C)S(=O)(=O)CC1CC1. The summed E-state index contributed by atoms with van der Waals surface area (Å²) in [5.74, 6) is 0.699. The van der Waals surface area contributed by atoms with Gasteiger partial charge in [-0.25, -0.2) is 12.7 Å². The molecule has 0 amide bonds. The Morgan fingerprint density at radius 1 is 1.53 bits per heavy atom. The molecule has 15 heavy (non-hydrogen) atoms. The quantitative estimate of drug-likeness (QED) is 0.661. The van der Waals surface area contributed by atoms with Gasteiger partial charge in [-0.3, -0.25) is 0 Å². The van der Waals surface area contributed by atoms with Gasteiger partial charge in [0.2, 0.25) is 10.0 Å². The topological polar surface area (TPSA) is 46.6 Å². The zero-order valence-electron chi connectivity index (χ0n) is 9.15. The Hall–Kier alpha value is 0.350.